The van der Waals surface area contributed by atoms with Gasteiger partial charge in [-0.05, 0) is 24.3 Å². The van der Waals surface area contributed by atoms with E-state index in [1.807, 2.05) is 0 Å². The maximum absolute atomic E-state index is 13.2. The fraction of sp³-hybridized carbons (Fsp3) is 0. The van der Waals surface area contributed by atoms with Crippen LogP contribution in [0.5, 0.6) is 0 Å². The van der Waals surface area contributed by atoms with Gasteiger partial charge in [0.1, 0.15) is 11.5 Å². The van der Waals surface area contributed by atoms with Crippen LogP contribution in [0.25, 0.3) is 0 Å². The molecule has 2 rings (SSSR count). The second-order valence-electron chi connectivity index (χ2n) is 3.36. The standard InChI is InChI=1S/C12H9F2N3/c13-9-3-1-2-4-12(9)17-16-8-5-6-11(15)10(14)7-8/h1-7H,15H2. The zero-order valence-electron chi connectivity index (χ0n) is 8.77. The lowest BCUT2D eigenvalue weighted by molar-refractivity contribution is 0.628. The molecule has 2 N–H and O–H groups in total. The third-order valence-electron chi connectivity index (χ3n) is 2.11. The highest BCUT2D eigenvalue weighted by atomic mass is 19.1. The van der Waals surface area contributed by atoms with Crippen molar-refractivity contribution in [1.29, 1.82) is 0 Å². The predicted octanol–water partition coefficient (Wildman–Crippen LogP) is 3.96. The molecule has 0 saturated carbocycles. The Kier molecular flexibility index (Phi) is 3.09. The number of anilines is 1. The molecule has 0 bridgehead atoms. The van der Waals surface area contributed by atoms with Gasteiger partial charge in [0.25, 0.3) is 0 Å². The summed E-state index contributed by atoms with van der Waals surface area (Å²) in [7, 11) is 0. The van der Waals surface area contributed by atoms with Crippen molar-refractivity contribution < 1.29 is 8.78 Å². The molecule has 3 nitrogen and oxygen atoms in total. The second-order valence-corrected chi connectivity index (χ2v) is 3.36. The summed E-state index contributed by atoms with van der Waals surface area (Å²) in [6.45, 7) is 0. The lowest BCUT2D eigenvalue weighted by Gasteiger charge is -1.97. The molecule has 0 heterocycles. The number of nitrogen functional groups attached to an aromatic ring is 1. The minimum atomic E-state index is -0.574. The van der Waals surface area contributed by atoms with Crippen LogP contribution < -0.4 is 5.73 Å². The Balaban J connectivity index is 2.26. The molecule has 17 heavy (non-hydrogen) atoms. The van der Waals surface area contributed by atoms with E-state index >= 15 is 0 Å². The van der Waals surface area contributed by atoms with Crippen LogP contribution in [0.2, 0.25) is 0 Å². The Hall–Kier alpha value is -2.30. The fourth-order valence-electron chi connectivity index (χ4n) is 1.22. The second kappa shape index (κ2) is 4.69. The molecular weight excluding hydrogens is 224 g/mol. The lowest BCUT2D eigenvalue weighted by Crippen LogP contribution is -1.88. The first-order valence-corrected chi connectivity index (χ1v) is 4.88. The average Bonchev–Trinajstić information content (AvgIpc) is 2.32. The van der Waals surface area contributed by atoms with Crippen molar-refractivity contribution in [3.05, 3.63) is 54.1 Å². The molecule has 0 fully saturated rings. The quantitative estimate of drug-likeness (QED) is 0.619. The number of benzene rings is 2. The highest BCUT2D eigenvalue weighted by Crippen LogP contribution is 2.23. The van der Waals surface area contributed by atoms with E-state index in [-0.39, 0.29) is 17.1 Å². The first kappa shape index (κ1) is 11.2. The van der Waals surface area contributed by atoms with E-state index in [1.54, 1.807) is 12.1 Å². The number of rotatable bonds is 2. The Morgan fingerprint density at radius 3 is 2.35 bits per heavy atom. The van der Waals surface area contributed by atoms with Crippen molar-refractivity contribution in [3.8, 4) is 0 Å². The summed E-state index contributed by atoms with van der Waals surface area (Å²) in [5.41, 5.74) is 5.73. The zero-order chi connectivity index (χ0) is 12.3. The number of halogens is 2. The Morgan fingerprint density at radius 2 is 1.65 bits per heavy atom. The number of azo groups is 1. The molecule has 0 unspecified atom stereocenters. The van der Waals surface area contributed by atoms with Crippen molar-refractivity contribution in [2.24, 2.45) is 10.2 Å². The molecule has 86 valence electrons. The van der Waals surface area contributed by atoms with Crippen molar-refractivity contribution in [2.75, 3.05) is 5.73 Å². The molecule has 0 atom stereocenters. The molecule has 0 spiro atoms. The number of nitrogens with zero attached hydrogens (tertiary/aromatic N) is 2. The molecule has 2 aromatic carbocycles. The van der Waals surface area contributed by atoms with Gasteiger partial charge in [-0.3, -0.25) is 0 Å². The van der Waals surface area contributed by atoms with E-state index in [0.29, 0.717) is 0 Å². The van der Waals surface area contributed by atoms with Gasteiger partial charge < -0.3 is 5.73 Å². The maximum atomic E-state index is 13.2. The monoisotopic (exact) mass is 233 g/mol. The summed E-state index contributed by atoms with van der Waals surface area (Å²) in [5.74, 6) is -1.05. The van der Waals surface area contributed by atoms with Crippen LogP contribution in [0.4, 0.5) is 25.8 Å². The van der Waals surface area contributed by atoms with E-state index in [4.69, 9.17) is 5.73 Å². The molecule has 5 heteroatoms. The number of nitrogens with two attached hydrogens (primary N) is 1. The topological polar surface area (TPSA) is 50.7 Å². The summed E-state index contributed by atoms with van der Waals surface area (Å²) in [6.07, 6.45) is 0. The van der Waals surface area contributed by atoms with Gasteiger partial charge in [-0.1, -0.05) is 12.1 Å². The minimum absolute atomic E-state index is 0.0369. The number of hydrogen-bond acceptors (Lipinski definition) is 3. The molecule has 2 aromatic rings. The Labute approximate surface area is 96.6 Å². The van der Waals surface area contributed by atoms with E-state index < -0.39 is 11.6 Å². The molecule has 0 amide bonds. The third kappa shape index (κ3) is 2.63. The molecule has 0 aliphatic carbocycles. The van der Waals surface area contributed by atoms with Crippen LogP contribution in [0.3, 0.4) is 0 Å². The number of hydrogen-bond donors (Lipinski definition) is 1. The minimum Gasteiger partial charge on any atom is -0.396 e. The lowest BCUT2D eigenvalue weighted by atomic mass is 10.3. The van der Waals surface area contributed by atoms with Crippen molar-refractivity contribution in [1.82, 2.24) is 0 Å². The summed E-state index contributed by atoms with van der Waals surface area (Å²) < 4.78 is 26.3. The van der Waals surface area contributed by atoms with Crippen molar-refractivity contribution in [3.63, 3.8) is 0 Å². The summed E-state index contributed by atoms with van der Waals surface area (Å²) in [4.78, 5) is 0. The van der Waals surface area contributed by atoms with Gasteiger partial charge in [-0.2, -0.15) is 5.11 Å². The summed E-state index contributed by atoms with van der Waals surface area (Å²) in [5, 5.41) is 7.42. The van der Waals surface area contributed by atoms with E-state index in [9.17, 15) is 8.78 Å². The highest BCUT2D eigenvalue weighted by Gasteiger charge is 2.00. The van der Waals surface area contributed by atoms with E-state index in [0.717, 1.165) is 6.07 Å². The van der Waals surface area contributed by atoms with Gasteiger partial charge in [0.05, 0.1) is 11.4 Å². The Morgan fingerprint density at radius 1 is 0.882 bits per heavy atom. The van der Waals surface area contributed by atoms with E-state index in [1.165, 1.54) is 24.3 Å². The first-order valence-electron chi connectivity index (χ1n) is 4.88. The maximum Gasteiger partial charge on any atom is 0.150 e. The first-order chi connectivity index (χ1) is 8.16. The van der Waals surface area contributed by atoms with Gasteiger partial charge in [0, 0.05) is 6.07 Å². The van der Waals surface area contributed by atoms with Gasteiger partial charge in [-0.25, -0.2) is 8.78 Å². The Bertz CT molecular complexity index is 567. The molecule has 0 saturated heterocycles. The zero-order valence-corrected chi connectivity index (χ0v) is 8.77. The van der Waals surface area contributed by atoms with Crippen LogP contribution in [0, 0.1) is 11.6 Å². The van der Waals surface area contributed by atoms with Crippen molar-refractivity contribution in [2.45, 2.75) is 0 Å². The van der Waals surface area contributed by atoms with Crippen LogP contribution in [0.1, 0.15) is 0 Å². The van der Waals surface area contributed by atoms with Gasteiger partial charge in [0.15, 0.2) is 5.82 Å². The van der Waals surface area contributed by atoms with E-state index in [2.05, 4.69) is 10.2 Å². The predicted molar refractivity (Wildman–Crippen MR) is 61.4 cm³/mol. The van der Waals surface area contributed by atoms with Gasteiger partial charge in [0.2, 0.25) is 0 Å². The normalized spacial score (nSPS) is 10.9. The molecule has 0 aliphatic heterocycles. The molecule has 0 radical (unpaired) electrons. The van der Waals surface area contributed by atoms with Crippen LogP contribution in [0.15, 0.2) is 52.7 Å². The van der Waals surface area contributed by atoms with Crippen LogP contribution in [-0.4, -0.2) is 0 Å². The summed E-state index contributed by atoms with van der Waals surface area (Å²) >= 11 is 0. The molecule has 0 aliphatic rings. The van der Waals surface area contributed by atoms with Crippen LogP contribution >= 0.6 is 0 Å². The summed E-state index contributed by atoms with van der Waals surface area (Å²) in [6, 6.07) is 9.97. The van der Waals surface area contributed by atoms with Gasteiger partial charge >= 0.3 is 0 Å². The highest BCUT2D eigenvalue weighted by molar-refractivity contribution is 5.49. The molecular formula is C12H9F2N3. The average molecular weight is 233 g/mol. The molecule has 0 aromatic heterocycles. The van der Waals surface area contributed by atoms with Crippen LogP contribution in [-0.2, 0) is 0 Å². The fourth-order valence-corrected chi connectivity index (χ4v) is 1.22. The smallest absolute Gasteiger partial charge is 0.150 e. The third-order valence-corrected chi connectivity index (χ3v) is 2.11. The van der Waals surface area contributed by atoms with Crippen molar-refractivity contribution >= 4 is 17.1 Å². The van der Waals surface area contributed by atoms with Gasteiger partial charge in [-0.15, -0.1) is 5.11 Å². The SMILES string of the molecule is Nc1ccc(N=Nc2ccccc2F)cc1F. The largest absolute Gasteiger partial charge is 0.396 e.